The highest BCUT2D eigenvalue weighted by Crippen LogP contribution is 2.19. The third-order valence-corrected chi connectivity index (χ3v) is 10.1. The number of carbonyl (C=O) groups is 4. The van der Waals surface area contributed by atoms with Gasteiger partial charge in [-0.25, -0.2) is 4.79 Å². The van der Waals surface area contributed by atoms with E-state index in [0.29, 0.717) is 48.1 Å². The molecule has 0 saturated carbocycles. The summed E-state index contributed by atoms with van der Waals surface area (Å²) in [6, 6.07) is 19.6. The van der Waals surface area contributed by atoms with Gasteiger partial charge in [-0.15, -0.1) is 0 Å². The first-order valence-electron chi connectivity index (χ1n) is 19.2. The molecule has 0 radical (unpaired) electrons. The van der Waals surface area contributed by atoms with Crippen molar-refractivity contribution in [1.29, 1.82) is 0 Å². The molecule has 21 nitrogen and oxygen atoms in total. The minimum atomic E-state index is -4.88. The highest BCUT2D eigenvalue weighted by Gasteiger charge is 2.31. The Morgan fingerprint density at radius 2 is 0.891 bits per heavy atom. The van der Waals surface area contributed by atoms with Crippen molar-refractivity contribution in [3.05, 3.63) is 125 Å². The average molecular weight is 951 g/mol. The van der Waals surface area contributed by atoms with Crippen LogP contribution in [0.4, 0.5) is 0 Å². The van der Waals surface area contributed by atoms with Crippen LogP contribution >= 0.6 is 0 Å². The Balaban J connectivity index is 1.66. The first-order valence-corrected chi connectivity index (χ1v) is 23.3. The fourth-order valence-corrected chi connectivity index (χ4v) is 7.04. The number of esters is 1. The van der Waals surface area contributed by atoms with Gasteiger partial charge < -0.3 is 39.0 Å². The van der Waals surface area contributed by atoms with Crippen LogP contribution in [0.5, 0.6) is 17.2 Å². The average Bonchev–Trinajstić information content (AvgIpc) is 3.21. The van der Waals surface area contributed by atoms with Crippen molar-refractivity contribution in [2.75, 3.05) is 6.54 Å². The van der Waals surface area contributed by atoms with Gasteiger partial charge in [0.05, 0.1) is 0 Å². The lowest BCUT2D eigenvalue weighted by Gasteiger charge is -2.26. The number of nitrogens with two attached hydrogens (primary N) is 1. The predicted octanol–water partition coefficient (Wildman–Crippen LogP) is 1.98. The van der Waals surface area contributed by atoms with Gasteiger partial charge in [0.25, 0.3) is 0 Å². The molecule has 0 aliphatic heterocycles. The number of amides is 3. The smallest absolute Gasteiger partial charge is 0.446 e. The second-order valence-electron chi connectivity index (χ2n) is 14.0. The highest BCUT2D eigenvalue weighted by molar-refractivity contribution is 7.81. The van der Waals surface area contributed by atoms with E-state index in [1.807, 2.05) is 0 Å². The summed E-state index contributed by atoms with van der Waals surface area (Å²) < 4.78 is 113. The first-order chi connectivity index (χ1) is 30.1. The summed E-state index contributed by atoms with van der Waals surface area (Å²) in [5.74, 6) is -4.03. The van der Waals surface area contributed by atoms with Crippen molar-refractivity contribution in [2.45, 2.75) is 69.7 Å². The monoisotopic (exact) mass is 950 g/mol. The van der Waals surface area contributed by atoms with Crippen molar-refractivity contribution in [3.63, 3.8) is 0 Å². The van der Waals surface area contributed by atoms with Crippen LogP contribution in [-0.4, -0.2) is 87.3 Å². The number of unbranched alkanes of at least 4 members (excludes halogenated alkanes) is 2. The Morgan fingerprint density at radius 1 is 0.500 bits per heavy atom. The molecule has 0 unspecified atom stereocenters. The zero-order chi connectivity index (χ0) is 46.9. The summed E-state index contributed by atoms with van der Waals surface area (Å²) >= 11 is 0. The van der Waals surface area contributed by atoms with Crippen LogP contribution in [0, 0.1) is 0 Å². The molecule has 0 heterocycles. The van der Waals surface area contributed by atoms with Gasteiger partial charge >= 0.3 is 37.2 Å². The first kappa shape index (κ1) is 50.5. The van der Waals surface area contributed by atoms with E-state index in [4.69, 9.17) is 24.1 Å². The second kappa shape index (κ2) is 23.5. The maximum atomic E-state index is 14.3. The number of hydrogen-bond donors (Lipinski definition) is 7. The number of hydrogen-bond acceptors (Lipinski definition) is 15. The molecular weight excluding hydrogens is 905 g/mol. The zero-order valence-electron chi connectivity index (χ0n) is 33.8. The van der Waals surface area contributed by atoms with Crippen molar-refractivity contribution in [1.82, 2.24) is 16.0 Å². The number of nitrogens with one attached hydrogen (secondary N) is 3. The number of carbonyl (C=O) groups excluding carboxylic acids is 4. The minimum Gasteiger partial charge on any atom is -0.459 e. The van der Waals surface area contributed by atoms with Gasteiger partial charge in [-0.3, -0.25) is 28.0 Å². The second-order valence-corrected chi connectivity index (χ2v) is 17.1. The Bertz CT molecular complexity index is 2530. The lowest BCUT2D eigenvalue weighted by atomic mass is 10.0. The van der Waals surface area contributed by atoms with Gasteiger partial charge in [0.15, 0.2) is 0 Å². The van der Waals surface area contributed by atoms with Crippen LogP contribution in [0.3, 0.4) is 0 Å². The third-order valence-electron chi connectivity index (χ3n) is 8.91. The van der Waals surface area contributed by atoms with Gasteiger partial charge in [-0.2, -0.15) is 25.3 Å². The quantitative estimate of drug-likeness (QED) is 0.0284. The lowest BCUT2D eigenvalue weighted by Crippen LogP contribution is -2.57. The van der Waals surface area contributed by atoms with Gasteiger partial charge in [0.2, 0.25) is 17.7 Å². The normalized spacial score (nSPS) is 13.1. The number of rotatable bonds is 25. The fraction of sp³-hybridized carbons (Fsp3) is 0.300. The van der Waals surface area contributed by atoms with Crippen LogP contribution < -0.4 is 34.2 Å². The molecule has 0 bridgehead atoms. The molecule has 0 saturated heterocycles. The summed E-state index contributed by atoms with van der Waals surface area (Å²) in [5.41, 5.74) is 7.24. The summed E-state index contributed by atoms with van der Waals surface area (Å²) in [6.07, 6.45) is 0.996. The van der Waals surface area contributed by atoms with E-state index >= 15 is 0 Å². The standard InChI is InChI=1S/C40H46N4O17S3/c41-22-6-2-5-9-37(45)42-34(23-27-10-16-31(17-11-27)59-62(49,50)51)38(46)43-35(24-28-12-18-32(19-13-28)60-63(52,53)54)39(47)44-36(40(48)58-26-30-7-3-1-4-8-30)25-29-14-20-33(21-15-29)61-64(55,56)57/h1,3-4,7-8,10-21,34-36H,2,5-6,9,22-26,41H2,(H,42,45)(H,43,46)(H,44,47)(H,49,50,51)(H,52,53,54)(H,55,56,57)/t34-,35-,36-/m0/s1. The van der Waals surface area contributed by atoms with E-state index in [-0.39, 0.29) is 49.5 Å². The molecule has 0 spiro atoms. The molecule has 0 aliphatic rings. The molecule has 4 rings (SSSR count). The molecule has 0 aliphatic carbocycles. The van der Waals surface area contributed by atoms with Crippen LogP contribution in [0.1, 0.15) is 47.9 Å². The molecule has 4 aromatic rings. The third kappa shape index (κ3) is 19.1. The van der Waals surface area contributed by atoms with Crippen molar-refractivity contribution in [2.24, 2.45) is 5.73 Å². The van der Waals surface area contributed by atoms with Gasteiger partial charge in [-0.1, -0.05) is 73.2 Å². The molecule has 3 atom stereocenters. The molecule has 0 aromatic heterocycles. The summed E-state index contributed by atoms with van der Waals surface area (Å²) in [7, 11) is -14.6. The summed E-state index contributed by atoms with van der Waals surface area (Å²) in [4.78, 5) is 55.3. The Labute approximate surface area is 369 Å². The fourth-order valence-electron chi connectivity index (χ4n) is 5.97. The van der Waals surface area contributed by atoms with Gasteiger partial charge in [0, 0.05) is 25.7 Å². The highest BCUT2D eigenvalue weighted by atomic mass is 32.3. The summed E-state index contributed by atoms with van der Waals surface area (Å²) in [5, 5.41) is 7.88. The van der Waals surface area contributed by atoms with Crippen molar-refractivity contribution < 1.29 is 75.4 Å². The van der Waals surface area contributed by atoms with Gasteiger partial charge in [0.1, 0.15) is 42.0 Å². The van der Waals surface area contributed by atoms with E-state index in [9.17, 15) is 44.4 Å². The molecule has 0 fully saturated rings. The molecule has 346 valence electrons. The van der Waals surface area contributed by atoms with Crippen LogP contribution in [0.2, 0.25) is 0 Å². The molecule has 24 heteroatoms. The molecule has 4 aromatic carbocycles. The Hall–Kier alpha value is -6.15. The minimum absolute atomic E-state index is 0.0164. The Kier molecular flexibility index (Phi) is 18.5. The van der Waals surface area contributed by atoms with Crippen LogP contribution in [0.25, 0.3) is 0 Å². The van der Waals surface area contributed by atoms with E-state index < -0.39 is 73.0 Å². The topological polar surface area (TPSA) is 330 Å². The molecule has 3 amide bonds. The van der Waals surface area contributed by atoms with Crippen LogP contribution in [-0.2, 0) is 81.0 Å². The van der Waals surface area contributed by atoms with Crippen molar-refractivity contribution in [3.8, 4) is 17.2 Å². The Morgan fingerprint density at radius 3 is 1.30 bits per heavy atom. The summed E-state index contributed by atoms with van der Waals surface area (Å²) in [6.45, 7) is 0.218. The van der Waals surface area contributed by atoms with E-state index in [2.05, 4.69) is 28.5 Å². The lowest BCUT2D eigenvalue weighted by molar-refractivity contribution is -0.149. The number of ether oxygens (including phenoxy) is 1. The van der Waals surface area contributed by atoms with Crippen molar-refractivity contribution >= 4 is 54.9 Å². The van der Waals surface area contributed by atoms with E-state index in [1.54, 1.807) is 30.3 Å². The molecular formula is C40H46N4O17S3. The predicted molar refractivity (Wildman–Crippen MR) is 227 cm³/mol. The van der Waals surface area contributed by atoms with E-state index in [0.717, 1.165) is 0 Å². The zero-order valence-corrected chi connectivity index (χ0v) is 36.2. The van der Waals surface area contributed by atoms with Gasteiger partial charge in [-0.05, 0) is 78.0 Å². The van der Waals surface area contributed by atoms with Crippen LogP contribution in [0.15, 0.2) is 103 Å². The largest absolute Gasteiger partial charge is 0.459 e. The number of benzene rings is 4. The maximum Gasteiger partial charge on any atom is 0.446 e. The maximum absolute atomic E-state index is 14.3. The SMILES string of the molecule is NCCCCCC(=O)N[C@@H](Cc1ccc(OS(=O)(=O)O)cc1)C(=O)N[C@@H](Cc1ccc(OS(=O)(=O)O)cc1)C(=O)N[C@@H](Cc1ccc(OS(=O)(=O)O)cc1)C(=O)OCc1ccccc1. The molecule has 8 N–H and O–H groups in total. The van der Waals surface area contributed by atoms with E-state index in [1.165, 1.54) is 72.8 Å². The molecule has 64 heavy (non-hydrogen) atoms.